The van der Waals surface area contributed by atoms with Crippen molar-refractivity contribution in [2.24, 2.45) is 23.7 Å². The average molecular weight is 817 g/mol. The maximum atomic E-state index is 15.5. The monoisotopic (exact) mass is 815 g/mol. The van der Waals surface area contributed by atoms with Gasteiger partial charge in [0, 0.05) is 10.9 Å². The number of hydrogen-bond acceptors (Lipinski definition) is 9. The summed E-state index contributed by atoms with van der Waals surface area (Å²) in [6.45, 7) is 0. The van der Waals surface area contributed by atoms with E-state index in [1.165, 1.54) is 50.6 Å². The number of halogens is 3. The Balaban J connectivity index is 1.34. The van der Waals surface area contributed by atoms with Crippen molar-refractivity contribution in [3.05, 3.63) is 122 Å². The second kappa shape index (κ2) is 13.9. The fourth-order valence-corrected chi connectivity index (χ4v) is 9.84. The van der Waals surface area contributed by atoms with Crippen molar-refractivity contribution in [2.75, 3.05) is 24.5 Å². The highest BCUT2D eigenvalue weighted by Gasteiger charge is 2.70. The molecule has 1 saturated carbocycles. The highest BCUT2D eigenvalue weighted by Crippen LogP contribution is 2.65. The first-order valence-corrected chi connectivity index (χ1v) is 18.7. The molecule has 15 heteroatoms. The lowest BCUT2D eigenvalue weighted by molar-refractivity contribution is -0.138. The number of carboxylic acid groups (broad SMARTS) is 1. The molecule has 4 aromatic carbocycles. The molecule has 2 heterocycles. The van der Waals surface area contributed by atoms with Crippen LogP contribution in [0.4, 0.5) is 11.4 Å². The SMILES string of the molecule is COc1ccc([C@@]23C(=O)N(Nc4ccc(Cl)cc4Cl)C(=O)[C@@H]2C[C@@H]2C(=CC[C@@H]4C(=O)N(c5cccc(C(=O)O)c5)C(=O)[C@@H]42)[C@@H]3c2cc(Cl)c(O)c(OC)c2)cc1. The number of carbonyl (C=O) groups is 5. The van der Waals surface area contributed by atoms with Gasteiger partial charge in [0.2, 0.25) is 11.8 Å². The van der Waals surface area contributed by atoms with E-state index in [-0.39, 0.29) is 51.3 Å². The van der Waals surface area contributed by atoms with Crippen molar-refractivity contribution >= 4 is 75.8 Å². The van der Waals surface area contributed by atoms with Gasteiger partial charge < -0.3 is 19.7 Å². The third kappa shape index (κ3) is 5.53. The molecule has 0 spiro atoms. The number of rotatable bonds is 8. The number of anilines is 2. The zero-order valence-electron chi connectivity index (χ0n) is 29.7. The van der Waals surface area contributed by atoms with Crippen LogP contribution in [0.1, 0.15) is 40.2 Å². The molecule has 56 heavy (non-hydrogen) atoms. The van der Waals surface area contributed by atoms with E-state index in [0.717, 1.165) is 9.91 Å². The normalized spacial score (nSPS) is 25.4. The predicted octanol–water partition coefficient (Wildman–Crippen LogP) is 7.26. The van der Waals surface area contributed by atoms with Gasteiger partial charge in [-0.2, -0.15) is 5.01 Å². The number of nitrogens with zero attached hydrogens (tertiary/aromatic N) is 2. The van der Waals surface area contributed by atoms with Crippen molar-refractivity contribution in [3.63, 3.8) is 0 Å². The van der Waals surface area contributed by atoms with Crippen LogP contribution in [-0.2, 0) is 24.6 Å². The molecule has 12 nitrogen and oxygen atoms in total. The number of phenolic OH excluding ortho intramolecular Hbond substituents is 1. The third-order valence-corrected chi connectivity index (χ3v) is 12.4. The first-order chi connectivity index (χ1) is 26.8. The minimum atomic E-state index is -1.68. The second-order valence-electron chi connectivity index (χ2n) is 14.1. The molecule has 286 valence electrons. The zero-order chi connectivity index (χ0) is 39.8. The molecular formula is C41H32Cl3N3O9. The molecule has 3 fully saturated rings. The Bertz CT molecular complexity index is 2400. The van der Waals surface area contributed by atoms with Crippen LogP contribution in [0, 0.1) is 23.7 Å². The molecule has 4 amide bonds. The number of aromatic hydroxyl groups is 1. The molecule has 4 aliphatic rings. The molecule has 2 saturated heterocycles. The van der Waals surface area contributed by atoms with Crippen molar-refractivity contribution in [2.45, 2.75) is 24.2 Å². The van der Waals surface area contributed by atoms with E-state index >= 15 is 4.79 Å². The summed E-state index contributed by atoms with van der Waals surface area (Å²) in [6.07, 6.45) is 1.96. The summed E-state index contributed by atoms with van der Waals surface area (Å²) in [7, 11) is 2.86. The molecule has 0 radical (unpaired) electrons. The number of imide groups is 2. The molecule has 0 unspecified atom stereocenters. The predicted molar refractivity (Wildman–Crippen MR) is 206 cm³/mol. The molecule has 3 N–H and O–H groups in total. The number of methoxy groups -OCH3 is 2. The highest BCUT2D eigenvalue weighted by molar-refractivity contribution is 6.36. The van der Waals surface area contributed by atoms with Crippen LogP contribution in [-0.4, -0.2) is 59.0 Å². The lowest BCUT2D eigenvalue weighted by Gasteiger charge is -2.50. The van der Waals surface area contributed by atoms with Crippen molar-refractivity contribution in [1.29, 1.82) is 0 Å². The van der Waals surface area contributed by atoms with E-state index < -0.39 is 64.6 Å². The number of amides is 4. The summed E-state index contributed by atoms with van der Waals surface area (Å²) in [6, 6.07) is 20.0. The Morgan fingerprint density at radius 2 is 1.61 bits per heavy atom. The topological polar surface area (TPSA) is 163 Å². The maximum Gasteiger partial charge on any atom is 0.335 e. The molecule has 2 aliphatic carbocycles. The quantitative estimate of drug-likeness (QED) is 0.122. The summed E-state index contributed by atoms with van der Waals surface area (Å²) in [5.41, 5.74) is 3.01. The van der Waals surface area contributed by atoms with E-state index in [9.17, 15) is 29.4 Å². The number of fused-ring (bicyclic) bond motifs is 4. The van der Waals surface area contributed by atoms with Crippen LogP contribution in [0.3, 0.4) is 0 Å². The van der Waals surface area contributed by atoms with E-state index in [1.54, 1.807) is 42.5 Å². The lowest BCUT2D eigenvalue weighted by Crippen LogP contribution is -2.53. The smallest absolute Gasteiger partial charge is 0.335 e. The lowest BCUT2D eigenvalue weighted by atomic mass is 9.49. The molecule has 2 aliphatic heterocycles. The van der Waals surface area contributed by atoms with Crippen LogP contribution in [0.5, 0.6) is 17.2 Å². The first kappa shape index (κ1) is 37.4. The Kier molecular flexibility index (Phi) is 9.26. The Morgan fingerprint density at radius 3 is 2.29 bits per heavy atom. The minimum absolute atomic E-state index is 0.0154. The van der Waals surface area contributed by atoms with Crippen LogP contribution < -0.4 is 19.8 Å². The first-order valence-electron chi connectivity index (χ1n) is 17.5. The molecule has 0 bridgehead atoms. The number of nitrogens with one attached hydrogen (secondary N) is 1. The second-order valence-corrected chi connectivity index (χ2v) is 15.4. The van der Waals surface area contributed by atoms with Gasteiger partial charge in [-0.25, -0.2) is 4.79 Å². The van der Waals surface area contributed by atoms with Crippen LogP contribution in [0.2, 0.25) is 15.1 Å². The van der Waals surface area contributed by atoms with Gasteiger partial charge in [-0.05, 0) is 90.6 Å². The van der Waals surface area contributed by atoms with Gasteiger partial charge in [0.25, 0.3) is 11.8 Å². The van der Waals surface area contributed by atoms with Crippen LogP contribution in [0.25, 0.3) is 0 Å². The van der Waals surface area contributed by atoms with Crippen molar-refractivity contribution < 1.29 is 43.7 Å². The van der Waals surface area contributed by atoms with Gasteiger partial charge in [-0.1, -0.05) is 64.7 Å². The third-order valence-electron chi connectivity index (χ3n) is 11.5. The Labute approximate surface area is 335 Å². The number of phenols is 1. The number of ether oxygens (including phenoxy) is 2. The number of benzene rings is 4. The molecular weight excluding hydrogens is 785 g/mol. The summed E-state index contributed by atoms with van der Waals surface area (Å²) in [4.78, 5) is 72.0. The maximum absolute atomic E-state index is 15.5. The van der Waals surface area contributed by atoms with Crippen molar-refractivity contribution in [1.82, 2.24) is 5.01 Å². The molecule has 8 rings (SSSR count). The van der Waals surface area contributed by atoms with Crippen LogP contribution in [0.15, 0.2) is 90.5 Å². The largest absolute Gasteiger partial charge is 0.503 e. The molecule has 4 aromatic rings. The van der Waals surface area contributed by atoms with E-state index in [4.69, 9.17) is 44.3 Å². The zero-order valence-corrected chi connectivity index (χ0v) is 31.9. The van der Waals surface area contributed by atoms with Crippen LogP contribution >= 0.6 is 34.8 Å². The number of carbonyl (C=O) groups excluding carboxylic acids is 4. The van der Waals surface area contributed by atoms with E-state index in [2.05, 4.69) is 5.43 Å². The van der Waals surface area contributed by atoms with Gasteiger partial charge in [0.15, 0.2) is 11.5 Å². The number of hydrazine groups is 1. The van der Waals surface area contributed by atoms with Crippen molar-refractivity contribution in [3.8, 4) is 17.2 Å². The number of hydrogen-bond donors (Lipinski definition) is 3. The summed E-state index contributed by atoms with van der Waals surface area (Å²) < 4.78 is 11.0. The summed E-state index contributed by atoms with van der Waals surface area (Å²) >= 11 is 19.3. The van der Waals surface area contributed by atoms with E-state index in [1.807, 2.05) is 6.08 Å². The number of aromatic carboxylic acids is 1. The number of carboxylic acids is 1. The minimum Gasteiger partial charge on any atom is -0.503 e. The highest BCUT2D eigenvalue weighted by atomic mass is 35.5. The Morgan fingerprint density at radius 1 is 0.857 bits per heavy atom. The molecule has 0 aromatic heterocycles. The van der Waals surface area contributed by atoms with Gasteiger partial charge in [-0.15, -0.1) is 0 Å². The molecule has 6 atom stereocenters. The summed E-state index contributed by atoms with van der Waals surface area (Å²) in [5.74, 6) is -7.96. The van der Waals surface area contributed by atoms with Gasteiger partial charge in [-0.3, -0.25) is 29.5 Å². The fourth-order valence-electron chi connectivity index (χ4n) is 9.17. The fraction of sp³-hybridized carbons (Fsp3) is 0.244. The van der Waals surface area contributed by atoms with Gasteiger partial charge in [0.1, 0.15) is 5.75 Å². The summed E-state index contributed by atoms with van der Waals surface area (Å²) in [5, 5.41) is 21.8. The van der Waals surface area contributed by atoms with E-state index in [0.29, 0.717) is 27.5 Å². The Hall–Kier alpha value is -5.56. The van der Waals surface area contributed by atoms with Gasteiger partial charge >= 0.3 is 5.97 Å². The standard InChI is InChI=1S/C41H32Cl3N3O9/c1-55-24-9-6-21(7-10-24)41-28(37(50)47(40(41)54)45-31-13-8-22(42)17-29(31)43)18-27-25(34(41)20-15-30(44)35(48)32(16-20)56-2)11-12-26-33(27)38(51)46(36(26)49)23-5-3-4-19(14-23)39(52)53/h3-11,13-17,26-28,33-34,45,48H,12,18H2,1-2H3,(H,52,53)/t26-,27+,28-,33-,34-,41+/m0/s1. The van der Waals surface area contributed by atoms with Gasteiger partial charge in [0.05, 0.1) is 64.4 Å². The average Bonchev–Trinajstić information content (AvgIpc) is 3.57. The number of allylic oxidation sites excluding steroid dienone is 2.